The third kappa shape index (κ3) is 3.20. The van der Waals surface area contributed by atoms with E-state index in [0.717, 1.165) is 31.2 Å². The lowest BCUT2D eigenvalue weighted by atomic mass is 10.1. The van der Waals surface area contributed by atoms with E-state index in [1.165, 1.54) is 12.8 Å². The summed E-state index contributed by atoms with van der Waals surface area (Å²) in [5.41, 5.74) is 1.06. The largest absolute Gasteiger partial charge is 0.372 e. The molecule has 0 amide bonds. The van der Waals surface area contributed by atoms with Crippen LogP contribution in [0.2, 0.25) is 0 Å². The fraction of sp³-hybridized carbons (Fsp3) is 0.867. The van der Waals surface area contributed by atoms with Crippen LogP contribution in [0.25, 0.3) is 0 Å². The summed E-state index contributed by atoms with van der Waals surface area (Å²) in [5, 5.41) is 8.56. The summed E-state index contributed by atoms with van der Waals surface area (Å²) in [6.07, 6.45) is 5.51. The molecule has 1 saturated heterocycles. The lowest BCUT2D eigenvalue weighted by molar-refractivity contribution is -0.0884. The van der Waals surface area contributed by atoms with Crippen LogP contribution in [0.1, 0.15) is 46.2 Å². The van der Waals surface area contributed by atoms with Crippen LogP contribution in [-0.2, 0) is 16.8 Å². The Hall–Kier alpha value is -0.940. The third-order valence-electron chi connectivity index (χ3n) is 4.12. The van der Waals surface area contributed by atoms with E-state index in [-0.39, 0.29) is 5.54 Å². The molecular formula is C15H26N4O. The number of ether oxygens (including phenoxy) is 1. The number of hydrogen-bond acceptors (Lipinski definition) is 4. The van der Waals surface area contributed by atoms with E-state index in [1.54, 1.807) is 0 Å². The van der Waals surface area contributed by atoms with Gasteiger partial charge in [0.25, 0.3) is 0 Å². The van der Waals surface area contributed by atoms with Crippen LogP contribution in [0.5, 0.6) is 0 Å². The standard InChI is InChI=1S/C15H26N4O/c1-11-7-18(10-14(20-11)12-5-6-12)8-13-9-19(17-16-13)15(2,3)4/h9,11-12,14H,5-8,10H2,1-4H3/t11-,14-/m1/s1. The quantitative estimate of drug-likeness (QED) is 0.848. The molecule has 20 heavy (non-hydrogen) atoms. The van der Waals surface area contributed by atoms with E-state index in [1.807, 2.05) is 4.68 Å². The van der Waals surface area contributed by atoms with E-state index < -0.39 is 0 Å². The van der Waals surface area contributed by atoms with Crippen molar-refractivity contribution in [2.24, 2.45) is 5.92 Å². The van der Waals surface area contributed by atoms with Gasteiger partial charge in [-0.25, -0.2) is 4.68 Å². The van der Waals surface area contributed by atoms with Gasteiger partial charge in [0.15, 0.2) is 0 Å². The number of morpholine rings is 1. The van der Waals surface area contributed by atoms with Crippen molar-refractivity contribution in [3.05, 3.63) is 11.9 Å². The van der Waals surface area contributed by atoms with Gasteiger partial charge in [-0.1, -0.05) is 5.21 Å². The summed E-state index contributed by atoms with van der Waals surface area (Å²) in [7, 11) is 0. The normalized spacial score (nSPS) is 28.8. The molecule has 0 spiro atoms. The molecule has 0 bridgehead atoms. The van der Waals surface area contributed by atoms with E-state index in [2.05, 4.69) is 49.1 Å². The molecule has 112 valence electrons. The van der Waals surface area contributed by atoms with E-state index in [9.17, 15) is 0 Å². The Kier molecular flexibility index (Phi) is 3.58. The highest BCUT2D eigenvalue weighted by Crippen LogP contribution is 2.36. The molecule has 0 unspecified atom stereocenters. The molecule has 1 aromatic heterocycles. The molecule has 1 aliphatic carbocycles. The molecule has 0 aromatic carbocycles. The van der Waals surface area contributed by atoms with Gasteiger partial charge in [-0.05, 0) is 46.5 Å². The Balaban J connectivity index is 1.63. The van der Waals surface area contributed by atoms with E-state index >= 15 is 0 Å². The molecule has 0 N–H and O–H groups in total. The van der Waals surface area contributed by atoms with Crippen LogP contribution in [0.15, 0.2) is 6.20 Å². The van der Waals surface area contributed by atoms with Gasteiger partial charge >= 0.3 is 0 Å². The first-order chi connectivity index (χ1) is 9.41. The van der Waals surface area contributed by atoms with Gasteiger partial charge in [-0.3, -0.25) is 4.90 Å². The molecule has 3 rings (SSSR count). The highest BCUT2D eigenvalue weighted by atomic mass is 16.5. The topological polar surface area (TPSA) is 43.2 Å². The number of aromatic nitrogens is 3. The van der Waals surface area contributed by atoms with Crippen molar-refractivity contribution in [1.82, 2.24) is 19.9 Å². The van der Waals surface area contributed by atoms with Gasteiger partial charge in [0.1, 0.15) is 0 Å². The van der Waals surface area contributed by atoms with Gasteiger partial charge in [-0.15, -0.1) is 5.10 Å². The second kappa shape index (κ2) is 5.11. The fourth-order valence-electron chi connectivity index (χ4n) is 2.86. The zero-order valence-electron chi connectivity index (χ0n) is 13.0. The maximum atomic E-state index is 6.05. The summed E-state index contributed by atoms with van der Waals surface area (Å²) in [6.45, 7) is 11.5. The number of nitrogens with zero attached hydrogens (tertiary/aromatic N) is 4. The minimum absolute atomic E-state index is 0.0000981. The summed E-state index contributed by atoms with van der Waals surface area (Å²) in [4.78, 5) is 2.47. The lowest BCUT2D eigenvalue weighted by Gasteiger charge is -2.36. The molecule has 0 radical (unpaired) electrons. The Morgan fingerprint density at radius 2 is 2.05 bits per heavy atom. The maximum absolute atomic E-state index is 6.05. The van der Waals surface area contributed by atoms with Crippen LogP contribution in [0.3, 0.4) is 0 Å². The first kappa shape index (κ1) is 14.0. The van der Waals surface area contributed by atoms with Crippen LogP contribution in [-0.4, -0.2) is 45.2 Å². The molecule has 1 aromatic rings. The number of hydrogen-bond donors (Lipinski definition) is 0. The average Bonchev–Trinajstić information content (AvgIpc) is 3.08. The van der Waals surface area contributed by atoms with Crippen LogP contribution < -0.4 is 0 Å². The average molecular weight is 278 g/mol. The monoisotopic (exact) mass is 278 g/mol. The molecule has 2 atom stereocenters. The molecule has 1 aliphatic heterocycles. The Morgan fingerprint density at radius 3 is 2.65 bits per heavy atom. The number of rotatable bonds is 3. The zero-order chi connectivity index (χ0) is 14.3. The van der Waals surface area contributed by atoms with Gasteiger partial charge in [-0.2, -0.15) is 0 Å². The smallest absolute Gasteiger partial charge is 0.0967 e. The zero-order valence-corrected chi connectivity index (χ0v) is 13.0. The Morgan fingerprint density at radius 1 is 1.30 bits per heavy atom. The second-order valence-electron chi connectivity index (χ2n) is 7.34. The van der Waals surface area contributed by atoms with E-state index in [0.29, 0.717) is 12.2 Å². The fourth-order valence-corrected chi connectivity index (χ4v) is 2.86. The van der Waals surface area contributed by atoms with Crippen LogP contribution >= 0.6 is 0 Å². The van der Waals surface area contributed by atoms with Gasteiger partial charge < -0.3 is 4.74 Å². The highest BCUT2D eigenvalue weighted by Gasteiger charge is 2.37. The molecule has 2 aliphatic rings. The van der Waals surface area contributed by atoms with Crippen molar-refractivity contribution in [1.29, 1.82) is 0 Å². The van der Waals surface area contributed by atoms with Crippen molar-refractivity contribution in [3.8, 4) is 0 Å². The Bertz CT molecular complexity index is 461. The van der Waals surface area contributed by atoms with Gasteiger partial charge in [0, 0.05) is 19.6 Å². The van der Waals surface area contributed by atoms with Crippen molar-refractivity contribution in [2.45, 2.75) is 64.8 Å². The van der Waals surface area contributed by atoms with E-state index in [4.69, 9.17) is 4.74 Å². The first-order valence-corrected chi connectivity index (χ1v) is 7.71. The molecular weight excluding hydrogens is 252 g/mol. The molecule has 1 saturated carbocycles. The second-order valence-corrected chi connectivity index (χ2v) is 7.34. The predicted octanol–water partition coefficient (Wildman–Crippen LogP) is 2.03. The van der Waals surface area contributed by atoms with Crippen molar-refractivity contribution in [2.75, 3.05) is 13.1 Å². The van der Waals surface area contributed by atoms with Crippen molar-refractivity contribution < 1.29 is 4.74 Å². The van der Waals surface area contributed by atoms with Crippen molar-refractivity contribution >= 4 is 0 Å². The minimum Gasteiger partial charge on any atom is -0.372 e. The molecule has 5 nitrogen and oxygen atoms in total. The Labute approximate surface area is 121 Å². The summed E-state index contributed by atoms with van der Waals surface area (Å²) in [5.74, 6) is 0.797. The first-order valence-electron chi connectivity index (χ1n) is 7.71. The van der Waals surface area contributed by atoms with Gasteiger partial charge in [0.05, 0.1) is 29.6 Å². The molecule has 2 heterocycles. The minimum atomic E-state index is 0.0000981. The summed E-state index contributed by atoms with van der Waals surface area (Å²) >= 11 is 0. The van der Waals surface area contributed by atoms with Crippen LogP contribution in [0.4, 0.5) is 0 Å². The van der Waals surface area contributed by atoms with Crippen LogP contribution in [0, 0.1) is 5.92 Å². The predicted molar refractivity (Wildman–Crippen MR) is 77.4 cm³/mol. The molecule has 5 heteroatoms. The SMILES string of the molecule is C[C@@H]1CN(Cc2cn(C(C)(C)C)nn2)C[C@H](C2CC2)O1. The maximum Gasteiger partial charge on any atom is 0.0967 e. The third-order valence-corrected chi connectivity index (χ3v) is 4.12. The van der Waals surface area contributed by atoms with Crippen molar-refractivity contribution in [3.63, 3.8) is 0 Å². The highest BCUT2D eigenvalue weighted by molar-refractivity contribution is 4.97. The lowest BCUT2D eigenvalue weighted by Crippen LogP contribution is -2.46. The van der Waals surface area contributed by atoms with Gasteiger partial charge in [0.2, 0.25) is 0 Å². The summed E-state index contributed by atoms with van der Waals surface area (Å²) in [6, 6.07) is 0. The molecule has 2 fully saturated rings. The summed E-state index contributed by atoms with van der Waals surface area (Å²) < 4.78 is 8.00.